The van der Waals surface area contributed by atoms with Crippen molar-refractivity contribution in [2.24, 2.45) is 11.8 Å². The average molecular weight is 236 g/mol. The molecule has 2 atom stereocenters. The monoisotopic (exact) mass is 236 g/mol. The summed E-state index contributed by atoms with van der Waals surface area (Å²) in [5.74, 6) is 1.58. The molecule has 0 aromatic rings. The van der Waals surface area contributed by atoms with Crippen LogP contribution in [0.15, 0.2) is 11.6 Å². The molecule has 1 aliphatic heterocycles. The van der Waals surface area contributed by atoms with Gasteiger partial charge in [0.15, 0.2) is 0 Å². The highest BCUT2D eigenvalue weighted by molar-refractivity contribution is 5.15. The predicted octanol–water partition coefficient (Wildman–Crippen LogP) is 2.66. The molecule has 0 saturated carbocycles. The summed E-state index contributed by atoms with van der Waals surface area (Å²) in [5.41, 5.74) is 1.72. The number of hydrogen-bond acceptors (Lipinski definition) is 2. The van der Waals surface area contributed by atoms with Crippen molar-refractivity contribution in [2.45, 2.75) is 46.1 Å². The van der Waals surface area contributed by atoms with Crippen molar-refractivity contribution in [3.8, 4) is 0 Å². The van der Waals surface area contributed by atoms with Crippen LogP contribution >= 0.6 is 0 Å². The summed E-state index contributed by atoms with van der Waals surface area (Å²) in [6, 6.07) is 0.803. The van der Waals surface area contributed by atoms with Crippen LogP contribution in [-0.2, 0) is 0 Å². The predicted molar refractivity (Wildman–Crippen MR) is 74.2 cm³/mol. The number of hydrogen-bond donors (Lipinski definition) is 1. The Morgan fingerprint density at radius 1 is 1.35 bits per heavy atom. The molecule has 2 nitrogen and oxygen atoms in total. The van der Waals surface area contributed by atoms with Gasteiger partial charge in [-0.15, -0.1) is 0 Å². The van der Waals surface area contributed by atoms with Gasteiger partial charge in [-0.1, -0.05) is 32.4 Å². The normalized spacial score (nSPS) is 31.6. The van der Waals surface area contributed by atoms with Gasteiger partial charge < -0.3 is 5.32 Å². The molecule has 2 heteroatoms. The van der Waals surface area contributed by atoms with Crippen LogP contribution in [0.2, 0.25) is 0 Å². The van der Waals surface area contributed by atoms with E-state index < -0.39 is 0 Å². The fourth-order valence-electron chi connectivity index (χ4n) is 3.68. The van der Waals surface area contributed by atoms with Gasteiger partial charge in [0.25, 0.3) is 0 Å². The highest BCUT2D eigenvalue weighted by atomic mass is 15.2. The lowest BCUT2D eigenvalue weighted by Crippen LogP contribution is -2.52. The number of nitrogens with one attached hydrogen (secondary N) is 1. The van der Waals surface area contributed by atoms with E-state index in [1.54, 1.807) is 5.57 Å². The summed E-state index contributed by atoms with van der Waals surface area (Å²) in [5, 5.41) is 3.47. The SMILES string of the molecule is CCC1=CCC[C@@H](N2CCNCC2)C1C(C)C. The summed E-state index contributed by atoms with van der Waals surface area (Å²) >= 11 is 0. The van der Waals surface area contributed by atoms with Crippen LogP contribution in [0.25, 0.3) is 0 Å². The van der Waals surface area contributed by atoms with Crippen molar-refractivity contribution >= 4 is 0 Å². The Kier molecular flexibility index (Phi) is 4.63. The highest BCUT2D eigenvalue weighted by Crippen LogP contribution is 2.36. The molecule has 0 aromatic heterocycles. The Bertz CT molecular complexity index is 264. The van der Waals surface area contributed by atoms with Crippen LogP contribution in [0.4, 0.5) is 0 Å². The minimum Gasteiger partial charge on any atom is -0.314 e. The summed E-state index contributed by atoms with van der Waals surface area (Å²) in [4.78, 5) is 2.74. The van der Waals surface area contributed by atoms with Crippen LogP contribution in [0.3, 0.4) is 0 Å². The Morgan fingerprint density at radius 3 is 2.65 bits per heavy atom. The molecule has 0 amide bonds. The summed E-state index contributed by atoms with van der Waals surface area (Å²) < 4.78 is 0. The van der Waals surface area contributed by atoms with E-state index >= 15 is 0 Å². The minimum atomic E-state index is 0.779. The van der Waals surface area contributed by atoms with Crippen LogP contribution in [0.5, 0.6) is 0 Å². The lowest BCUT2D eigenvalue weighted by Gasteiger charge is -2.44. The van der Waals surface area contributed by atoms with Crippen molar-refractivity contribution in [1.29, 1.82) is 0 Å². The van der Waals surface area contributed by atoms with Gasteiger partial charge in [-0.2, -0.15) is 0 Å². The Balaban J connectivity index is 2.11. The van der Waals surface area contributed by atoms with Gasteiger partial charge in [0, 0.05) is 32.2 Å². The maximum absolute atomic E-state index is 3.47. The van der Waals surface area contributed by atoms with E-state index in [0.29, 0.717) is 0 Å². The first kappa shape index (κ1) is 13.1. The number of nitrogens with zero attached hydrogens (tertiary/aromatic N) is 1. The first-order chi connectivity index (χ1) is 8.24. The minimum absolute atomic E-state index is 0.779. The molecule has 98 valence electrons. The first-order valence-electron chi connectivity index (χ1n) is 7.37. The van der Waals surface area contributed by atoms with E-state index in [0.717, 1.165) is 17.9 Å². The van der Waals surface area contributed by atoms with Crippen LogP contribution < -0.4 is 5.32 Å². The van der Waals surface area contributed by atoms with Crippen molar-refractivity contribution in [3.63, 3.8) is 0 Å². The van der Waals surface area contributed by atoms with Gasteiger partial charge in [-0.25, -0.2) is 0 Å². The Morgan fingerprint density at radius 2 is 2.06 bits per heavy atom. The van der Waals surface area contributed by atoms with E-state index in [1.165, 1.54) is 45.4 Å². The van der Waals surface area contributed by atoms with Crippen molar-refractivity contribution < 1.29 is 0 Å². The third kappa shape index (κ3) is 2.92. The third-order valence-corrected chi connectivity index (χ3v) is 4.46. The smallest absolute Gasteiger partial charge is 0.0167 e. The molecule has 1 unspecified atom stereocenters. The molecule has 2 rings (SSSR count). The second-order valence-electron chi connectivity index (χ2n) is 5.83. The van der Waals surface area contributed by atoms with Gasteiger partial charge in [0.1, 0.15) is 0 Å². The zero-order chi connectivity index (χ0) is 12.3. The maximum atomic E-state index is 3.47. The van der Waals surface area contributed by atoms with E-state index in [9.17, 15) is 0 Å². The molecular weight excluding hydrogens is 208 g/mol. The van der Waals surface area contributed by atoms with Crippen LogP contribution in [0.1, 0.15) is 40.0 Å². The zero-order valence-electron chi connectivity index (χ0n) is 11.7. The number of rotatable bonds is 3. The fraction of sp³-hybridized carbons (Fsp3) is 0.867. The average Bonchev–Trinajstić information content (AvgIpc) is 2.38. The van der Waals surface area contributed by atoms with E-state index in [4.69, 9.17) is 0 Å². The zero-order valence-corrected chi connectivity index (χ0v) is 11.7. The first-order valence-corrected chi connectivity index (χ1v) is 7.37. The molecule has 1 heterocycles. The number of piperazine rings is 1. The number of allylic oxidation sites excluding steroid dienone is 1. The molecule has 17 heavy (non-hydrogen) atoms. The quantitative estimate of drug-likeness (QED) is 0.758. The van der Waals surface area contributed by atoms with Crippen molar-refractivity contribution in [1.82, 2.24) is 10.2 Å². The van der Waals surface area contributed by atoms with Gasteiger partial charge in [0.05, 0.1) is 0 Å². The lowest BCUT2D eigenvalue weighted by atomic mass is 9.75. The van der Waals surface area contributed by atoms with Gasteiger partial charge in [0.2, 0.25) is 0 Å². The van der Waals surface area contributed by atoms with E-state index in [2.05, 4.69) is 37.1 Å². The molecule has 1 N–H and O–H groups in total. The Labute approximate surface area is 106 Å². The summed E-state index contributed by atoms with van der Waals surface area (Å²) in [6.45, 7) is 11.9. The molecule has 1 saturated heterocycles. The molecule has 1 fully saturated rings. The standard InChI is InChI=1S/C15H28N2/c1-4-13-6-5-7-14(15(13)12(2)3)17-10-8-16-9-11-17/h6,12,14-16H,4-5,7-11H2,1-3H3/t14-,15?/m1/s1. The van der Waals surface area contributed by atoms with Crippen LogP contribution in [0, 0.1) is 11.8 Å². The third-order valence-electron chi connectivity index (χ3n) is 4.46. The Hall–Kier alpha value is -0.340. The van der Waals surface area contributed by atoms with Crippen molar-refractivity contribution in [2.75, 3.05) is 26.2 Å². The lowest BCUT2D eigenvalue weighted by molar-refractivity contribution is 0.104. The van der Waals surface area contributed by atoms with Gasteiger partial charge in [-0.05, 0) is 31.1 Å². The molecule has 0 radical (unpaired) electrons. The van der Waals surface area contributed by atoms with E-state index in [-0.39, 0.29) is 0 Å². The summed E-state index contributed by atoms with van der Waals surface area (Å²) in [6.07, 6.45) is 6.42. The second-order valence-corrected chi connectivity index (χ2v) is 5.83. The fourth-order valence-corrected chi connectivity index (χ4v) is 3.68. The molecule has 0 aromatic carbocycles. The molecule has 0 spiro atoms. The molecular formula is C15H28N2. The molecule has 2 aliphatic rings. The van der Waals surface area contributed by atoms with Gasteiger partial charge >= 0.3 is 0 Å². The molecule has 1 aliphatic carbocycles. The largest absolute Gasteiger partial charge is 0.314 e. The topological polar surface area (TPSA) is 15.3 Å². The highest BCUT2D eigenvalue weighted by Gasteiger charge is 2.33. The second kappa shape index (κ2) is 6.01. The van der Waals surface area contributed by atoms with E-state index in [1.807, 2.05) is 0 Å². The maximum Gasteiger partial charge on any atom is 0.0167 e. The summed E-state index contributed by atoms with van der Waals surface area (Å²) in [7, 11) is 0. The van der Waals surface area contributed by atoms with Crippen LogP contribution in [-0.4, -0.2) is 37.1 Å². The van der Waals surface area contributed by atoms with Gasteiger partial charge in [-0.3, -0.25) is 4.90 Å². The van der Waals surface area contributed by atoms with Crippen molar-refractivity contribution in [3.05, 3.63) is 11.6 Å². The molecule has 0 bridgehead atoms.